The molecule has 2 nitrogen and oxygen atoms in total. The molecule has 0 aliphatic heterocycles. The first-order chi connectivity index (χ1) is 9.74. The average Bonchev–Trinajstić information content (AvgIpc) is 2.94. The molecule has 1 aliphatic carbocycles. The zero-order chi connectivity index (χ0) is 13.7. The Morgan fingerprint density at radius 1 is 1.15 bits per heavy atom. The maximum absolute atomic E-state index is 6.26. The van der Waals surface area contributed by atoms with Gasteiger partial charge in [-0.3, -0.25) is 4.98 Å². The maximum atomic E-state index is 6.26. The van der Waals surface area contributed by atoms with Crippen LogP contribution < -0.4 is 5.73 Å². The van der Waals surface area contributed by atoms with Crippen LogP contribution in [0, 0.1) is 6.92 Å². The van der Waals surface area contributed by atoms with Gasteiger partial charge in [0.15, 0.2) is 0 Å². The first-order valence-corrected chi connectivity index (χ1v) is 7.48. The molecule has 0 fully saturated rings. The van der Waals surface area contributed by atoms with E-state index in [4.69, 9.17) is 5.73 Å². The van der Waals surface area contributed by atoms with E-state index in [1.807, 2.05) is 24.4 Å². The fraction of sp³-hybridized carbons (Fsp3) is 0.118. The quantitative estimate of drug-likeness (QED) is 0.564. The molecule has 4 rings (SSSR count). The highest BCUT2D eigenvalue weighted by molar-refractivity contribution is 7.17. The predicted molar refractivity (Wildman–Crippen MR) is 84.9 cm³/mol. The molecule has 0 saturated carbocycles. The van der Waals surface area contributed by atoms with Crippen LogP contribution in [0.3, 0.4) is 0 Å². The van der Waals surface area contributed by atoms with Crippen LogP contribution in [-0.2, 0) is 6.42 Å². The van der Waals surface area contributed by atoms with Crippen molar-refractivity contribution >= 4 is 16.3 Å². The zero-order valence-corrected chi connectivity index (χ0v) is 12.0. The number of nitrogens with zero attached hydrogens (tertiary/aromatic N) is 1. The molecule has 20 heavy (non-hydrogen) atoms. The van der Waals surface area contributed by atoms with Crippen LogP contribution in [0.15, 0.2) is 42.6 Å². The summed E-state index contributed by atoms with van der Waals surface area (Å²) in [6, 6.07) is 12.7. The van der Waals surface area contributed by atoms with Gasteiger partial charge in [0.25, 0.3) is 0 Å². The zero-order valence-electron chi connectivity index (χ0n) is 11.2. The molecule has 0 atom stereocenters. The normalized spacial score (nSPS) is 12.2. The second-order valence-corrected chi connectivity index (χ2v) is 6.33. The van der Waals surface area contributed by atoms with Gasteiger partial charge in [-0.1, -0.05) is 29.8 Å². The molecule has 0 radical (unpaired) electrons. The number of benzene rings is 1. The molecule has 1 aromatic carbocycles. The fourth-order valence-electron chi connectivity index (χ4n) is 2.92. The second-order valence-electron chi connectivity index (χ2n) is 5.19. The van der Waals surface area contributed by atoms with Crippen molar-refractivity contribution in [2.75, 3.05) is 5.73 Å². The van der Waals surface area contributed by atoms with Gasteiger partial charge in [-0.05, 0) is 30.2 Å². The fourth-order valence-corrected chi connectivity index (χ4v) is 4.04. The lowest BCUT2D eigenvalue weighted by molar-refractivity contribution is 1.30. The SMILES string of the molecule is Cc1ccc2c(c1)-c1c(sc(N)c1-c1ccccn1)C2. The number of fused-ring (bicyclic) bond motifs is 3. The highest BCUT2D eigenvalue weighted by Crippen LogP contribution is 2.50. The number of aromatic nitrogens is 1. The number of hydrogen-bond donors (Lipinski definition) is 1. The summed E-state index contributed by atoms with van der Waals surface area (Å²) >= 11 is 1.70. The van der Waals surface area contributed by atoms with Crippen molar-refractivity contribution in [2.45, 2.75) is 13.3 Å². The van der Waals surface area contributed by atoms with E-state index in [0.29, 0.717) is 0 Å². The van der Waals surface area contributed by atoms with Crippen LogP contribution in [0.25, 0.3) is 22.4 Å². The molecule has 0 unspecified atom stereocenters. The molecule has 1 aliphatic rings. The molecule has 0 bridgehead atoms. The lowest BCUT2D eigenvalue weighted by Crippen LogP contribution is -1.89. The van der Waals surface area contributed by atoms with Crippen LogP contribution >= 0.6 is 11.3 Å². The molecular weight excluding hydrogens is 264 g/mol. The largest absolute Gasteiger partial charge is 0.390 e. The highest BCUT2D eigenvalue weighted by Gasteiger charge is 2.27. The standard InChI is InChI=1S/C17H14N2S/c1-10-5-6-11-9-14-15(12(11)8-10)16(17(18)20-14)13-4-2-3-7-19-13/h2-8H,9,18H2,1H3. The van der Waals surface area contributed by atoms with E-state index in [9.17, 15) is 0 Å². The topological polar surface area (TPSA) is 38.9 Å². The Labute approximate surface area is 121 Å². The minimum Gasteiger partial charge on any atom is -0.390 e. The van der Waals surface area contributed by atoms with Gasteiger partial charge >= 0.3 is 0 Å². The van der Waals surface area contributed by atoms with E-state index in [0.717, 1.165) is 22.7 Å². The van der Waals surface area contributed by atoms with Crippen LogP contribution in [0.5, 0.6) is 0 Å². The Morgan fingerprint density at radius 3 is 2.85 bits per heavy atom. The molecule has 2 aromatic heterocycles. The molecule has 0 amide bonds. The van der Waals surface area contributed by atoms with E-state index in [1.54, 1.807) is 11.3 Å². The van der Waals surface area contributed by atoms with Crippen molar-refractivity contribution in [2.24, 2.45) is 0 Å². The van der Waals surface area contributed by atoms with Crippen LogP contribution in [-0.4, -0.2) is 4.98 Å². The van der Waals surface area contributed by atoms with Crippen LogP contribution in [0.2, 0.25) is 0 Å². The van der Waals surface area contributed by atoms with Gasteiger partial charge in [-0.2, -0.15) is 0 Å². The lowest BCUT2D eigenvalue weighted by atomic mass is 9.99. The minimum absolute atomic E-state index is 0.876. The Morgan fingerprint density at radius 2 is 2.05 bits per heavy atom. The van der Waals surface area contributed by atoms with Gasteiger partial charge in [0.1, 0.15) is 0 Å². The molecule has 0 spiro atoms. The van der Waals surface area contributed by atoms with E-state index in [-0.39, 0.29) is 0 Å². The maximum Gasteiger partial charge on any atom is 0.0961 e. The number of rotatable bonds is 1. The summed E-state index contributed by atoms with van der Waals surface area (Å²) in [5, 5.41) is 0.876. The summed E-state index contributed by atoms with van der Waals surface area (Å²) in [7, 11) is 0. The summed E-state index contributed by atoms with van der Waals surface area (Å²) in [5.74, 6) is 0. The number of anilines is 1. The molecule has 3 aromatic rings. The van der Waals surface area contributed by atoms with Crippen molar-refractivity contribution in [3.05, 3.63) is 58.6 Å². The van der Waals surface area contributed by atoms with Gasteiger partial charge < -0.3 is 5.73 Å². The van der Waals surface area contributed by atoms with Gasteiger partial charge in [-0.15, -0.1) is 11.3 Å². The first-order valence-electron chi connectivity index (χ1n) is 6.66. The number of aryl methyl sites for hydroxylation is 1. The van der Waals surface area contributed by atoms with E-state index in [1.165, 1.54) is 27.1 Å². The Hall–Kier alpha value is -2.13. The Bertz CT molecular complexity index is 803. The van der Waals surface area contributed by atoms with E-state index in [2.05, 4.69) is 30.1 Å². The van der Waals surface area contributed by atoms with Crippen LogP contribution in [0.4, 0.5) is 5.00 Å². The number of pyridine rings is 1. The van der Waals surface area contributed by atoms with Crippen molar-refractivity contribution < 1.29 is 0 Å². The Kier molecular flexibility index (Phi) is 2.44. The van der Waals surface area contributed by atoms with Gasteiger partial charge in [0.2, 0.25) is 0 Å². The second kappa shape index (κ2) is 4.18. The lowest BCUT2D eigenvalue weighted by Gasteiger charge is -2.06. The highest BCUT2D eigenvalue weighted by atomic mass is 32.1. The molecule has 0 saturated heterocycles. The molecule has 98 valence electrons. The summed E-state index contributed by atoms with van der Waals surface area (Å²) in [4.78, 5) is 5.85. The van der Waals surface area contributed by atoms with Crippen molar-refractivity contribution in [3.63, 3.8) is 0 Å². The van der Waals surface area contributed by atoms with Gasteiger partial charge in [-0.25, -0.2) is 0 Å². The van der Waals surface area contributed by atoms with Gasteiger partial charge in [0, 0.05) is 28.6 Å². The number of nitrogen functional groups attached to an aromatic ring is 1. The molecule has 3 heteroatoms. The van der Waals surface area contributed by atoms with E-state index < -0.39 is 0 Å². The third-order valence-electron chi connectivity index (χ3n) is 3.82. The van der Waals surface area contributed by atoms with Gasteiger partial charge in [0.05, 0.1) is 10.7 Å². The third kappa shape index (κ3) is 1.60. The van der Waals surface area contributed by atoms with Crippen molar-refractivity contribution in [1.29, 1.82) is 0 Å². The number of hydrogen-bond acceptors (Lipinski definition) is 3. The third-order valence-corrected chi connectivity index (χ3v) is 4.83. The summed E-state index contributed by atoms with van der Waals surface area (Å²) in [6.45, 7) is 2.13. The Balaban J connectivity index is 2.01. The average molecular weight is 278 g/mol. The molecule has 2 N–H and O–H groups in total. The number of nitrogens with two attached hydrogens (primary N) is 1. The van der Waals surface area contributed by atoms with Crippen molar-refractivity contribution in [3.8, 4) is 22.4 Å². The summed E-state index contributed by atoms with van der Waals surface area (Å²) in [6.07, 6.45) is 2.82. The smallest absolute Gasteiger partial charge is 0.0961 e. The predicted octanol–water partition coefficient (Wildman–Crippen LogP) is 4.27. The summed E-state index contributed by atoms with van der Waals surface area (Å²) < 4.78 is 0. The van der Waals surface area contributed by atoms with Crippen molar-refractivity contribution in [1.82, 2.24) is 4.98 Å². The summed E-state index contributed by atoms with van der Waals surface area (Å²) in [5.41, 5.74) is 13.6. The van der Waals surface area contributed by atoms with E-state index >= 15 is 0 Å². The minimum atomic E-state index is 0.876. The molecular formula is C17H14N2S. The number of thiophene rings is 1. The first kappa shape index (κ1) is 11.7. The molecule has 2 heterocycles. The monoisotopic (exact) mass is 278 g/mol. The van der Waals surface area contributed by atoms with Crippen LogP contribution in [0.1, 0.15) is 16.0 Å².